The fraction of sp³-hybridized carbons (Fsp3) is 0.429. The van der Waals surface area contributed by atoms with E-state index in [4.69, 9.17) is 5.11 Å². The van der Waals surface area contributed by atoms with Gasteiger partial charge < -0.3 is 5.11 Å². The van der Waals surface area contributed by atoms with Crippen LogP contribution >= 0.6 is 0 Å². The van der Waals surface area contributed by atoms with Crippen LogP contribution in [0.15, 0.2) is 12.4 Å². The first-order valence-corrected chi connectivity index (χ1v) is 3.90. The van der Waals surface area contributed by atoms with Gasteiger partial charge in [-0.2, -0.15) is 5.10 Å². The molecule has 1 rings (SSSR count). The molecular weight excluding hydrogens is 190 g/mol. The van der Waals surface area contributed by atoms with Crippen LogP contribution in [0.5, 0.6) is 0 Å². The van der Waals surface area contributed by atoms with Gasteiger partial charge in [-0.05, 0) is 0 Å². The van der Waals surface area contributed by atoms with Crippen LogP contribution in [0.4, 0.5) is 5.69 Å². The molecule has 0 saturated heterocycles. The molecule has 0 fully saturated rings. The summed E-state index contributed by atoms with van der Waals surface area (Å²) in [7, 11) is 0. The summed E-state index contributed by atoms with van der Waals surface area (Å²) in [5.41, 5.74) is -0.136. The van der Waals surface area contributed by atoms with Crippen LogP contribution in [0.1, 0.15) is 6.92 Å². The Bertz CT molecular complexity index is 360. The lowest BCUT2D eigenvalue weighted by Gasteiger charge is -2.04. The molecule has 1 N–H and O–H groups in total. The quantitative estimate of drug-likeness (QED) is 0.562. The molecule has 0 radical (unpaired) electrons. The number of carboxylic acids is 1. The van der Waals surface area contributed by atoms with Gasteiger partial charge in [0.2, 0.25) is 0 Å². The fourth-order valence-electron chi connectivity index (χ4n) is 0.905. The summed E-state index contributed by atoms with van der Waals surface area (Å²) in [6.07, 6.45) is 2.30. The molecule has 0 unspecified atom stereocenters. The molecule has 0 amide bonds. The monoisotopic (exact) mass is 199 g/mol. The summed E-state index contributed by atoms with van der Waals surface area (Å²) in [6.45, 7) is 1.64. The van der Waals surface area contributed by atoms with Gasteiger partial charge >= 0.3 is 11.7 Å². The van der Waals surface area contributed by atoms with Crippen LogP contribution in [0, 0.1) is 16.0 Å². The highest BCUT2D eigenvalue weighted by Gasteiger charge is 2.14. The highest BCUT2D eigenvalue weighted by Crippen LogP contribution is 2.09. The molecular formula is C7H9N3O4. The van der Waals surface area contributed by atoms with Crippen LogP contribution in [0.3, 0.4) is 0 Å². The van der Waals surface area contributed by atoms with Crippen LogP contribution in [0.25, 0.3) is 0 Å². The molecule has 76 valence electrons. The van der Waals surface area contributed by atoms with Gasteiger partial charge in [-0.15, -0.1) is 0 Å². The van der Waals surface area contributed by atoms with Gasteiger partial charge in [0.1, 0.15) is 12.4 Å². The minimum atomic E-state index is -0.955. The number of nitro groups is 1. The van der Waals surface area contributed by atoms with Crippen LogP contribution in [0.2, 0.25) is 0 Å². The van der Waals surface area contributed by atoms with Gasteiger partial charge in [0.25, 0.3) is 0 Å². The van der Waals surface area contributed by atoms with Crippen molar-refractivity contribution in [2.45, 2.75) is 13.5 Å². The molecule has 7 nitrogen and oxygen atoms in total. The Balaban J connectivity index is 2.69. The number of rotatable bonds is 4. The average molecular weight is 199 g/mol. The van der Waals surface area contributed by atoms with E-state index < -0.39 is 16.8 Å². The molecule has 0 bridgehead atoms. The van der Waals surface area contributed by atoms with E-state index in [1.807, 2.05) is 0 Å². The molecule has 7 heteroatoms. The second-order valence-corrected chi connectivity index (χ2v) is 2.92. The Morgan fingerprint density at radius 3 is 2.93 bits per heavy atom. The van der Waals surface area contributed by atoms with Crippen LogP contribution in [-0.4, -0.2) is 25.8 Å². The molecule has 0 aliphatic heterocycles. The summed E-state index contributed by atoms with van der Waals surface area (Å²) < 4.78 is 1.25. The van der Waals surface area contributed by atoms with Crippen LogP contribution < -0.4 is 0 Å². The molecule has 1 aromatic heterocycles. The first-order valence-electron chi connectivity index (χ1n) is 3.90. The molecule has 0 saturated carbocycles. The second kappa shape index (κ2) is 3.86. The van der Waals surface area contributed by atoms with Crippen molar-refractivity contribution in [1.29, 1.82) is 0 Å². The van der Waals surface area contributed by atoms with Gasteiger partial charge in [0.15, 0.2) is 0 Å². The number of hydrogen-bond donors (Lipinski definition) is 1. The Morgan fingerprint density at radius 2 is 2.50 bits per heavy atom. The smallest absolute Gasteiger partial charge is 0.308 e. The number of carbonyl (C=O) groups is 1. The molecule has 0 aromatic carbocycles. The molecule has 1 heterocycles. The van der Waals surface area contributed by atoms with Gasteiger partial charge in [0.05, 0.1) is 17.4 Å². The third kappa shape index (κ3) is 2.28. The Hall–Kier alpha value is -1.92. The van der Waals surface area contributed by atoms with Gasteiger partial charge in [-0.25, -0.2) is 0 Å². The summed E-state index contributed by atoms with van der Waals surface area (Å²) in [6, 6.07) is 0. The second-order valence-electron chi connectivity index (χ2n) is 2.92. The number of aliphatic carboxylic acids is 1. The van der Waals surface area contributed by atoms with Crippen molar-refractivity contribution in [3.63, 3.8) is 0 Å². The van der Waals surface area contributed by atoms with Gasteiger partial charge in [-0.1, -0.05) is 6.92 Å². The van der Waals surface area contributed by atoms with E-state index in [-0.39, 0.29) is 12.2 Å². The molecule has 1 aromatic rings. The van der Waals surface area contributed by atoms with Crippen molar-refractivity contribution < 1.29 is 14.8 Å². The number of nitrogens with zero attached hydrogens (tertiary/aromatic N) is 3. The van der Waals surface area contributed by atoms with Crippen molar-refractivity contribution in [3.05, 3.63) is 22.5 Å². The minimum Gasteiger partial charge on any atom is -0.481 e. The topological polar surface area (TPSA) is 98.3 Å². The van der Waals surface area contributed by atoms with Crippen molar-refractivity contribution >= 4 is 11.7 Å². The van der Waals surface area contributed by atoms with Crippen molar-refractivity contribution in [1.82, 2.24) is 9.78 Å². The highest BCUT2D eigenvalue weighted by molar-refractivity contribution is 5.69. The fourth-order valence-corrected chi connectivity index (χ4v) is 0.905. The predicted octanol–water partition coefficient (Wildman–Crippen LogP) is 0.512. The highest BCUT2D eigenvalue weighted by atomic mass is 16.6. The Kier molecular flexibility index (Phi) is 2.80. The lowest BCUT2D eigenvalue weighted by atomic mass is 10.2. The number of hydrogen-bond acceptors (Lipinski definition) is 4. The lowest BCUT2D eigenvalue weighted by molar-refractivity contribution is -0.385. The van der Waals surface area contributed by atoms with E-state index in [2.05, 4.69) is 5.10 Å². The third-order valence-electron chi connectivity index (χ3n) is 1.71. The van der Waals surface area contributed by atoms with Gasteiger partial charge in [0, 0.05) is 0 Å². The Morgan fingerprint density at radius 1 is 1.86 bits per heavy atom. The SMILES string of the molecule is C[C@@H](Cn1cc([N+](=O)[O-])cn1)C(=O)O. The Labute approximate surface area is 79.1 Å². The minimum absolute atomic E-state index is 0.128. The number of carboxylic acid groups (broad SMARTS) is 1. The van der Waals surface area contributed by atoms with Crippen molar-refractivity contribution in [3.8, 4) is 0 Å². The molecule has 0 spiro atoms. The normalized spacial score (nSPS) is 12.4. The third-order valence-corrected chi connectivity index (χ3v) is 1.71. The lowest BCUT2D eigenvalue weighted by Crippen LogP contribution is -2.16. The maximum atomic E-state index is 10.5. The van der Waals surface area contributed by atoms with E-state index >= 15 is 0 Å². The largest absolute Gasteiger partial charge is 0.481 e. The first-order chi connectivity index (χ1) is 6.50. The summed E-state index contributed by atoms with van der Waals surface area (Å²) in [5.74, 6) is -1.57. The standard InChI is InChI=1S/C7H9N3O4/c1-5(7(11)12)3-9-4-6(2-8-9)10(13)14/h2,4-5H,3H2,1H3,(H,11,12)/t5-/m0/s1. The zero-order valence-electron chi connectivity index (χ0n) is 7.45. The maximum Gasteiger partial charge on any atom is 0.308 e. The number of aromatic nitrogens is 2. The first kappa shape index (κ1) is 10.2. The molecule has 14 heavy (non-hydrogen) atoms. The zero-order valence-corrected chi connectivity index (χ0v) is 7.45. The average Bonchev–Trinajstić information content (AvgIpc) is 2.52. The summed E-state index contributed by atoms with van der Waals surface area (Å²) >= 11 is 0. The summed E-state index contributed by atoms with van der Waals surface area (Å²) in [4.78, 5) is 20.2. The van der Waals surface area contributed by atoms with Gasteiger partial charge in [-0.3, -0.25) is 19.6 Å². The van der Waals surface area contributed by atoms with E-state index in [9.17, 15) is 14.9 Å². The van der Waals surface area contributed by atoms with E-state index in [0.29, 0.717) is 0 Å². The van der Waals surface area contributed by atoms with Crippen LogP contribution in [-0.2, 0) is 11.3 Å². The zero-order chi connectivity index (χ0) is 10.7. The maximum absolute atomic E-state index is 10.5. The van der Waals surface area contributed by atoms with Crippen molar-refractivity contribution in [2.24, 2.45) is 5.92 Å². The molecule has 0 aliphatic carbocycles. The molecule has 0 aliphatic rings. The van der Waals surface area contributed by atoms with E-state index in [1.165, 1.54) is 17.8 Å². The van der Waals surface area contributed by atoms with E-state index in [1.54, 1.807) is 0 Å². The van der Waals surface area contributed by atoms with Crippen molar-refractivity contribution in [2.75, 3.05) is 0 Å². The summed E-state index contributed by atoms with van der Waals surface area (Å²) in [5, 5.41) is 22.5. The molecule has 1 atom stereocenters. The van der Waals surface area contributed by atoms with E-state index in [0.717, 1.165) is 6.20 Å². The predicted molar refractivity (Wildman–Crippen MR) is 45.7 cm³/mol.